The second-order valence-electron chi connectivity index (χ2n) is 4.24. The minimum atomic E-state index is -0.719. The Balaban J connectivity index is 2.38. The zero-order chi connectivity index (χ0) is 16.3. The van der Waals surface area contributed by atoms with Crippen molar-refractivity contribution in [2.45, 2.75) is 0 Å². The molecule has 0 aliphatic carbocycles. The van der Waals surface area contributed by atoms with Crippen molar-refractivity contribution >= 4 is 34.8 Å². The largest absolute Gasteiger partial charge is 0.495 e. The lowest BCUT2D eigenvalue weighted by Gasteiger charge is -2.13. The fraction of sp³-hybridized carbons (Fsp3) is 0.133. The van der Waals surface area contributed by atoms with Crippen molar-refractivity contribution < 1.29 is 18.7 Å². The van der Waals surface area contributed by atoms with Crippen LogP contribution in [0.4, 0.5) is 10.1 Å². The van der Waals surface area contributed by atoms with E-state index < -0.39 is 11.7 Å². The van der Waals surface area contributed by atoms with Gasteiger partial charge in [0, 0.05) is 6.07 Å². The summed E-state index contributed by atoms with van der Waals surface area (Å²) in [5.41, 5.74) is 0.0239. The van der Waals surface area contributed by atoms with Gasteiger partial charge >= 0.3 is 0 Å². The van der Waals surface area contributed by atoms with Gasteiger partial charge in [0.2, 0.25) is 0 Å². The SMILES string of the molecule is COc1cc(OC)c(NC(=O)c2c(F)cccc2Cl)cc1Cl. The van der Waals surface area contributed by atoms with Crippen molar-refractivity contribution in [2.24, 2.45) is 0 Å². The Bertz CT molecular complexity index is 702. The molecule has 2 aromatic rings. The van der Waals surface area contributed by atoms with Crippen LogP contribution in [-0.4, -0.2) is 20.1 Å². The number of carbonyl (C=O) groups excluding carboxylic acids is 1. The highest BCUT2D eigenvalue weighted by Gasteiger charge is 2.18. The van der Waals surface area contributed by atoms with Gasteiger partial charge < -0.3 is 14.8 Å². The molecule has 22 heavy (non-hydrogen) atoms. The molecule has 0 unspecified atom stereocenters. The summed E-state index contributed by atoms with van der Waals surface area (Å²) in [6.45, 7) is 0. The van der Waals surface area contributed by atoms with Crippen LogP contribution in [0.15, 0.2) is 30.3 Å². The van der Waals surface area contributed by atoms with Crippen LogP contribution in [0.3, 0.4) is 0 Å². The molecule has 2 aromatic carbocycles. The number of hydrogen-bond acceptors (Lipinski definition) is 3. The summed E-state index contributed by atoms with van der Waals surface area (Å²) >= 11 is 11.9. The van der Waals surface area contributed by atoms with E-state index in [1.54, 1.807) is 0 Å². The molecule has 0 fully saturated rings. The Morgan fingerprint density at radius 1 is 1.09 bits per heavy atom. The van der Waals surface area contributed by atoms with Gasteiger partial charge in [-0.15, -0.1) is 0 Å². The van der Waals surface area contributed by atoms with Crippen molar-refractivity contribution in [1.82, 2.24) is 0 Å². The quantitative estimate of drug-likeness (QED) is 0.894. The predicted molar refractivity (Wildman–Crippen MR) is 83.9 cm³/mol. The summed E-state index contributed by atoms with van der Waals surface area (Å²) in [5.74, 6) is -0.714. The summed E-state index contributed by atoms with van der Waals surface area (Å²) in [4.78, 5) is 12.2. The molecule has 1 amide bonds. The van der Waals surface area contributed by atoms with E-state index in [1.807, 2.05) is 0 Å². The molecule has 1 N–H and O–H groups in total. The van der Waals surface area contributed by atoms with Crippen LogP contribution in [0.5, 0.6) is 11.5 Å². The van der Waals surface area contributed by atoms with Gasteiger partial charge in [0.1, 0.15) is 17.3 Å². The molecule has 0 atom stereocenters. The van der Waals surface area contributed by atoms with Crippen molar-refractivity contribution in [3.63, 3.8) is 0 Å². The van der Waals surface area contributed by atoms with Crippen LogP contribution in [0.25, 0.3) is 0 Å². The van der Waals surface area contributed by atoms with Gasteiger partial charge in [0.15, 0.2) is 0 Å². The van der Waals surface area contributed by atoms with Gasteiger partial charge in [-0.1, -0.05) is 29.3 Å². The Morgan fingerprint density at radius 2 is 1.77 bits per heavy atom. The maximum atomic E-state index is 13.8. The third-order valence-electron chi connectivity index (χ3n) is 2.91. The highest BCUT2D eigenvalue weighted by atomic mass is 35.5. The van der Waals surface area contributed by atoms with E-state index in [9.17, 15) is 9.18 Å². The van der Waals surface area contributed by atoms with Crippen molar-refractivity contribution in [1.29, 1.82) is 0 Å². The van der Waals surface area contributed by atoms with E-state index in [4.69, 9.17) is 32.7 Å². The minimum absolute atomic E-state index is 0.0103. The monoisotopic (exact) mass is 343 g/mol. The average molecular weight is 344 g/mol. The van der Waals surface area contributed by atoms with Crippen LogP contribution < -0.4 is 14.8 Å². The number of anilines is 1. The van der Waals surface area contributed by atoms with Crippen molar-refractivity contribution in [3.8, 4) is 11.5 Å². The molecule has 0 spiro atoms. The number of carbonyl (C=O) groups is 1. The number of rotatable bonds is 4. The molecular formula is C15H12Cl2FNO3. The molecule has 116 valence electrons. The van der Waals surface area contributed by atoms with Crippen molar-refractivity contribution in [3.05, 3.63) is 51.8 Å². The molecular weight excluding hydrogens is 332 g/mol. The molecule has 4 nitrogen and oxygen atoms in total. The third kappa shape index (κ3) is 3.26. The van der Waals surface area contributed by atoms with Gasteiger partial charge in [0.05, 0.1) is 35.5 Å². The zero-order valence-corrected chi connectivity index (χ0v) is 13.3. The molecule has 0 saturated carbocycles. The van der Waals surface area contributed by atoms with Crippen molar-refractivity contribution in [2.75, 3.05) is 19.5 Å². The van der Waals surface area contributed by atoms with Crippen LogP contribution >= 0.6 is 23.2 Å². The Hall–Kier alpha value is -1.98. The van der Waals surface area contributed by atoms with Gasteiger partial charge in [-0.25, -0.2) is 4.39 Å². The maximum absolute atomic E-state index is 13.8. The zero-order valence-electron chi connectivity index (χ0n) is 11.7. The number of hydrogen-bond donors (Lipinski definition) is 1. The minimum Gasteiger partial charge on any atom is -0.495 e. The van der Waals surface area contributed by atoms with Gasteiger partial charge in [0.25, 0.3) is 5.91 Å². The Kier molecular flexibility index (Phi) is 5.11. The molecule has 0 saturated heterocycles. The molecule has 0 aliphatic rings. The van der Waals surface area contributed by atoms with Gasteiger partial charge in [-0.2, -0.15) is 0 Å². The predicted octanol–water partition coefficient (Wildman–Crippen LogP) is 4.40. The highest BCUT2D eigenvalue weighted by molar-refractivity contribution is 6.34. The van der Waals surface area contributed by atoms with E-state index in [0.717, 1.165) is 6.07 Å². The summed E-state index contributed by atoms with van der Waals surface area (Å²) in [5, 5.41) is 2.81. The first-order valence-corrected chi connectivity index (χ1v) is 6.90. The molecule has 0 aliphatic heterocycles. The first-order valence-electron chi connectivity index (χ1n) is 6.14. The normalized spacial score (nSPS) is 10.2. The van der Waals surface area contributed by atoms with Crippen LogP contribution in [-0.2, 0) is 0 Å². The second-order valence-corrected chi connectivity index (χ2v) is 5.05. The topological polar surface area (TPSA) is 47.6 Å². The average Bonchev–Trinajstić information content (AvgIpc) is 2.47. The lowest BCUT2D eigenvalue weighted by atomic mass is 10.2. The first-order chi connectivity index (χ1) is 10.5. The number of amides is 1. The highest BCUT2D eigenvalue weighted by Crippen LogP contribution is 2.36. The van der Waals surface area contributed by atoms with E-state index in [2.05, 4.69) is 5.32 Å². The third-order valence-corrected chi connectivity index (χ3v) is 3.52. The van der Waals surface area contributed by atoms with E-state index in [-0.39, 0.29) is 21.3 Å². The van der Waals surface area contributed by atoms with Gasteiger partial charge in [-0.3, -0.25) is 4.79 Å². The van der Waals surface area contributed by atoms with Crippen LogP contribution in [0, 0.1) is 5.82 Å². The number of methoxy groups -OCH3 is 2. The summed E-state index contributed by atoms with van der Waals surface area (Å²) in [6, 6.07) is 6.96. The number of halogens is 3. The van der Waals surface area contributed by atoms with E-state index >= 15 is 0 Å². The summed E-state index contributed by atoms with van der Waals surface area (Å²) in [7, 11) is 2.88. The fourth-order valence-corrected chi connectivity index (χ4v) is 2.35. The molecule has 0 heterocycles. The molecule has 2 rings (SSSR count). The smallest absolute Gasteiger partial charge is 0.260 e. The van der Waals surface area contributed by atoms with E-state index in [0.29, 0.717) is 11.5 Å². The standard InChI is InChI=1S/C15H12Cl2FNO3/c1-21-12-7-13(22-2)11(6-9(12)17)19-15(20)14-8(16)4-3-5-10(14)18/h3-7H,1-2H3,(H,19,20). The fourth-order valence-electron chi connectivity index (χ4n) is 1.86. The number of benzene rings is 2. The molecule has 7 heteroatoms. The lowest BCUT2D eigenvalue weighted by molar-refractivity contribution is 0.102. The van der Waals surface area contributed by atoms with Crippen LogP contribution in [0.2, 0.25) is 10.0 Å². The van der Waals surface area contributed by atoms with Gasteiger partial charge in [-0.05, 0) is 18.2 Å². The van der Waals surface area contributed by atoms with E-state index in [1.165, 1.54) is 38.5 Å². The summed E-state index contributed by atoms with van der Waals surface area (Å²) < 4.78 is 24.0. The number of ether oxygens (including phenoxy) is 2. The molecule has 0 aromatic heterocycles. The molecule has 0 radical (unpaired) electrons. The number of nitrogens with one attached hydrogen (secondary N) is 1. The molecule has 0 bridgehead atoms. The Labute approximate surface area is 136 Å². The van der Waals surface area contributed by atoms with Crippen LogP contribution in [0.1, 0.15) is 10.4 Å². The Morgan fingerprint density at radius 3 is 2.36 bits per heavy atom. The first kappa shape index (κ1) is 16.4. The summed E-state index contributed by atoms with van der Waals surface area (Å²) in [6.07, 6.45) is 0. The second kappa shape index (κ2) is 6.85. The maximum Gasteiger partial charge on any atom is 0.260 e. The lowest BCUT2D eigenvalue weighted by Crippen LogP contribution is -2.15.